The molecule has 2 nitrogen and oxygen atoms in total. The molecule has 3 atom stereocenters. The number of nitrogens with two attached hydrogens (primary N) is 1. The first-order valence-corrected chi connectivity index (χ1v) is 5.62. The van der Waals surface area contributed by atoms with E-state index in [0.717, 1.165) is 19.4 Å². The van der Waals surface area contributed by atoms with E-state index in [1.807, 2.05) is 0 Å². The summed E-state index contributed by atoms with van der Waals surface area (Å²) in [5.74, 6) is 0.715. The first-order chi connectivity index (χ1) is 6.23. The van der Waals surface area contributed by atoms with Gasteiger partial charge in [0.25, 0.3) is 0 Å². The summed E-state index contributed by atoms with van der Waals surface area (Å²) < 4.78 is 6.01. The average Bonchev–Trinajstić information content (AvgIpc) is 2.11. The lowest BCUT2D eigenvalue weighted by Crippen LogP contribution is -2.50. The molecule has 1 saturated heterocycles. The second-order valence-electron chi connectivity index (χ2n) is 4.81. The number of hydrogen-bond donors (Lipinski definition) is 1. The van der Waals surface area contributed by atoms with E-state index in [2.05, 4.69) is 6.92 Å². The number of rotatable bonds is 0. The zero-order chi connectivity index (χ0) is 9.31. The molecule has 1 aliphatic heterocycles. The van der Waals surface area contributed by atoms with Gasteiger partial charge in [-0.1, -0.05) is 19.8 Å². The van der Waals surface area contributed by atoms with E-state index in [-0.39, 0.29) is 5.60 Å². The highest BCUT2D eigenvalue weighted by atomic mass is 16.5. The quantitative estimate of drug-likeness (QED) is 0.624. The molecule has 0 aromatic carbocycles. The summed E-state index contributed by atoms with van der Waals surface area (Å²) in [5, 5.41) is 0. The summed E-state index contributed by atoms with van der Waals surface area (Å²) in [4.78, 5) is 0. The molecule has 2 aliphatic rings. The van der Waals surface area contributed by atoms with Crippen molar-refractivity contribution in [2.75, 3.05) is 6.61 Å². The normalized spacial score (nSPS) is 46.6. The predicted molar refractivity (Wildman–Crippen MR) is 53.5 cm³/mol. The van der Waals surface area contributed by atoms with Crippen molar-refractivity contribution in [3.63, 3.8) is 0 Å². The van der Waals surface area contributed by atoms with Crippen LogP contribution in [-0.4, -0.2) is 18.2 Å². The van der Waals surface area contributed by atoms with Crippen molar-refractivity contribution >= 4 is 0 Å². The fourth-order valence-corrected chi connectivity index (χ4v) is 2.92. The van der Waals surface area contributed by atoms with Crippen LogP contribution in [0.15, 0.2) is 0 Å². The third-order valence-electron chi connectivity index (χ3n) is 3.87. The lowest BCUT2D eigenvalue weighted by Gasteiger charge is -2.47. The summed E-state index contributed by atoms with van der Waals surface area (Å²) >= 11 is 0. The van der Waals surface area contributed by atoms with Crippen LogP contribution in [0.4, 0.5) is 0 Å². The molecule has 3 unspecified atom stereocenters. The predicted octanol–water partition coefficient (Wildman–Crippen LogP) is 2.07. The largest absolute Gasteiger partial charge is 0.375 e. The minimum absolute atomic E-state index is 0.163. The van der Waals surface area contributed by atoms with Gasteiger partial charge in [-0.3, -0.25) is 0 Å². The van der Waals surface area contributed by atoms with Gasteiger partial charge in [0, 0.05) is 12.6 Å². The van der Waals surface area contributed by atoms with Gasteiger partial charge in [0.15, 0.2) is 0 Å². The third kappa shape index (κ3) is 1.75. The molecule has 2 heteroatoms. The zero-order valence-corrected chi connectivity index (χ0v) is 8.59. The van der Waals surface area contributed by atoms with Crippen molar-refractivity contribution < 1.29 is 4.74 Å². The van der Waals surface area contributed by atoms with Gasteiger partial charge >= 0.3 is 0 Å². The summed E-state index contributed by atoms with van der Waals surface area (Å²) in [6.07, 6.45) is 7.41. The van der Waals surface area contributed by atoms with Crippen LogP contribution in [0.2, 0.25) is 0 Å². The molecule has 1 saturated carbocycles. The standard InChI is InChI=1S/C11H21NO/c1-9-4-2-3-6-11(9)8-10(12)5-7-13-11/h9-10H,2-8,12H2,1H3. The van der Waals surface area contributed by atoms with Crippen LogP contribution in [0.3, 0.4) is 0 Å². The Balaban J connectivity index is 2.07. The molecular weight excluding hydrogens is 162 g/mol. The molecule has 0 radical (unpaired) electrons. The van der Waals surface area contributed by atoms with Crippen LogP contribution in [0.5, 0.6) is 0 Å². The Hall–Kier alpha value is -0.0800. The van der Waals surface area contributed by atoms with Gasteiger partial charge in [-0.2, -0.15) is 0 Å². The molecule has 2 N–H and O–H groups in total. The SMILES string of the molecule is CC1CCCCC12CC(N)CCO2. The minimum atomic E-state index is 0.163. The van der Waals surface area contributed by atoms with Crippen molar-refractivity contribution in [2.45, 2.75) is 57.1 Å². The van der Waals surface area contributed by atoms with Crippen molar-refractivity contribution in [1.82, 2.24) is 0 Å². The zero-order valence-electron chi connectivity index (χ0n) is 8.59. The Kier molecular flexibility index (Phi) is 2.61. The van der Waals surface area contributed by atoms with Crippen molar-refractivity contribution in [3.8, 4) is 0 Å². The van der Waals surface area contributed by atoms with Crippen molar-refractivity contribution in [1.29, 1.82) is 0 Å². The third-order valence-corrected chi connectivity index (χ3v) is 3.87. The molecule has 1 aliphatic carbocycles. The molecular formula is C11H21NO. The summed E-state index contributed by atoms with van der Waals surface area (Å²) in [5.41, 5.74) is 6.19. The Morgan fingerprint density at radius 1 is 1.31 bits per heavy atom. The molecule has 2 fully saturated rings. The smallest absolute Gasteiger partial charge is 0.0722 e. The molecule has 1 spiro atoms. The van der Waals surface area contributed by atoms with E-state index in [9.17, 15) is 0 Å². The van der Waals surface area contributed by atoms with Crippen LogP contribution >= 0.6 is 0 Å². The molecule has 2 rings (SSSR count). The van der Waals surface area contributed by atoms with Crippen LogP contribution in [0, 0.1) is 5.92 Å². The minimum Gasteiger partial charge on any atom is -0.375 e. The maximum absolute atomic E-state index is 6.02. The first-order valence-electron chi connectivity index (χ1n) is 5.62. The Labute approximate surface area is 80.8 Å². The van der Waals surface area contributed by atoms with Gasteiger partial charge in [0.1, 0.15) is 0 Å². The average molecular weight is 183 g/mol. The van der Waals surface area contributed by atoms with E-state index in [0.29, 0.717) is 12.0 Å². The van der Waals surface area contributed by atoms with Crippen molar-refractivity contribution in [3.05, 3.63) is 0 Å². The van der Waals surface area contributed by atoms with Crippen LogP contribution < -0.4 is 5.73 Å². The summed E-state index contributed by atoms with van der Waals surface area (Å²) in [7, 11) is 0. The maximum Gasteiger partial charge on any atom is 0.0722 e. The Morgan fingerprint density at radius 3 is 2.85 bits per heavy atom. The highest BCUT2D eigenvalue weighted by Gasteiger charge is 2.42. The van der Waals surface area contributed by atoms with Gasteiger partial charge in [0.05, 0.1) is 5.60 Å². The summed E-state index contributed by atoms with van der Waals surface area (Å²) in [6, 6.07) is 0.384. The second kappa shape index (κ2) is 3.58. The summed E-state index contributed by atoms with van der Waals surface area (Å²) in [6.45, 7) is 3.21. The van der Waals surface area contributed by atoms with Crippen molar-refractivity contribution in [2.24, 2.45) is 11.7 Å². The van der Waals surface area contributed by atoms with E-state index in [1.54, 1.807) is 0 Å². The van der Waals surface area contributed by atoms with Gasteiger partial charge in [-0.05, 0) is 31.6 Å². The fraction of sp³-hybridized carbons (Fsp3) is 1.00. The number of ether oxygens (including phenoxy) is 1. The molecule has 0 bridgehead atoms. The second-order valence-corrected chi connectivity index (χ2v) is 4.81. The van der Waals surface area contributed by atoms with Crippen LogP contribution in [-0.2, 0) is 4.74 Å². The van der Waals surface area contributed by atoms with E-state index in [1.165, 1.54) is 25.7 Å². The topological polar surface area (TPSA) is 35.2 Å². The molecule has 1 heterocycles. The molecule has 0 aromatic rings. The lowest BCUT2D eigenvalue weighted by molar-refractivity contribution is -0.135. The Bertz CT molecular complexity index is 179. The molecule has 0 aromatic heterocycles. The Morgan fingerprint density at radius 2 is 2.15 bits per heavy atom. The van der Waals surface area contributed by atoms with Gasteiger partial charge in [-0.25, -0.2) is 0 Å². The molecule has 13 heavy (non-hydrogen) atoms. The van der Waals surface area contributed by atoms with E-state index < -0.39 is 0 Å². The van der Waals surface area contributed by atoms with Gasteiger partial charge in [-0.15, -0.1) is 0 Å². The highest BCUT2D eigenvalue weighted by molar-refractivity contribution is 4.94. The van der Waals surface area contributed by atoms with E-state index in [4.69, 9.17) is 10.5 Å². The number of hydrogen-bond acceptors (Lipinski definition) is 2. The highest BCUT2D eigenvalue weighted by Crippen LogP contribution is 2.42. The molecule has 0 amide bonds. The van der Waals surface area contributed by atoms with Gasteiger partial charge in [0.2, 0.25) is 0 Å². The lowest BCUT2D eigenvalue weighted by atomic mass is 9.71. The fourth-order valence-electron chi connectivity index (χ4n) is 2.92. The van der Waals surface area contributed by atoms with Crippen LogP contribution in [0.25, 0.3) is 0 Å². The first kappa shape index (κ1) is 9.47. The molecule has 76 valence electrons. The van der Waals surface area contributed by atoms with Crippen LogP contribution in [0.1, 0.15) is 45.4 Å². The van der Waals surface area contributed by atoms with E-state index >= 15 is 0 Å². The van der Waals surface area contributed by atoms with Gasteiger partial charge < -0.3 is 10.5 Å². The monoisotopic (exact) mass is 183 g/mol. The maximum atomic E-state index is 6.02.